The molecule has 18 nitrogen and oxygen atoms in total. The van der Waals surface area contributed by atoms with E-state index in [9.17, 15) is 24.0 Å². The van der Waals surface area contributed by atoms with Crippen LogP contribution in [-0.2, 0) is 80.8 Å². The lowest BCUT2D eigenvalue weighted by atomic mass is 9.79. The SMILES string of the molecule is CC[C@H]1OC(=O)C[C@H]2OCC(=O)COCC[C@@H](C[C@@H](C)C(=O)/C=C/C(C)=C/[C@@H]1COC1O[C@H](C)[C@@H](OC)[C@@H](OC)[C@H]1OC)[C@H](OC1O[C@H](C)[C@@H](OC(C)=O)[C@H](N(C)C)[C@H]1OC(C)=O)[C@H]2C. The lowest BCUT2D eigenvalue weighted by molar-refractivity contribution is -0.308. The van der Waals surface area contributed by atoms with Gasteiger partial charge in [0, 0.05) is 59.5 Å². The molecule has 0 amide bonds. The standard InChI is InChI=1S/C47H75NO17/c1-14-36-33(22-59-46-45(56-13)44(55-12)42(54-11)29(6)60-46)19-25(2)15-16-35(52)26(3)20-32-17-18-57-23-34(51)24-58-37(21-38(53)64-36)27(4)40(32)65-47-43(63-31(8)50)39(48(9)10)41(28(5)61-47)62-30(7)49/h15-16,19,26-29,32-33,36-37,39-47H,14,17-18,20-24H2,1-13H3/b16-15+,25-19+/t26-,27+,28-,29-,32+,33-,36-,37-,39+,40-,41-,42-,43-,44-,45-,46?,47?/m1/s1. The predicted octanol–water partition coefficient (Wildman–Crippen LogP) is 3.78. The molecule has 18 heteroatoms. The highest BCUT2D eigenvalue weighted by Gasteiger charge is 2.52. The highest BCUT2D eigenvalue weighted by molar-refractivity contribution is 5.91. The Hall–Kier alpha value is -3.17. The number of methoxy groups -OCH3 is 3. The molecule has 0 aromatic carbocycles. The van der Waals surface area contributed by atoms with Crippen LogP contribution in [0.5, 0.6) is 0 Å². The van der Waals surface area contributed by atoms with Gasteiger partial charge in [-0.3, -0.25) is 28.9 Å². The molecule has 2 unspecified atom stereocenters. The van der Waals surface area contributed by atoms with Crippen LogP contribution >= 0.6 is 0 Å². The molecular weight excluding hydrogens is 851 g/mol. The number of nitrogens with zero attached hydrogens (tertiary/aromatic N) is 1. The number of fused-ring (bicyclic) bond motifs is 3. The molecule has 0 aromatic rings. The molecule has 0 aromatic heterocycles. The van der Waals surface area contributed by atoms with Gasteiger partial charge >= 0.3 is 17.9 Å². The van der Waals surface area contributed by atoms with Crippen molar-refractivity contribution in [2.45, 2.75) is 161 Å². The second-order valence-corrected chi connectivity index (χ2v) is 18.0. The van der Waals surface area contributed by atoms with Crippen molar-refractivity contribution in [2.24, 2.45) is 23.7 Å². The van der Waals surface area contributed by atoms with Gasteiger partial charge < -0.3 is 56.8 Å². The lowest BCUT2D eigenvalue weighted by Gasteiger charge is -2.48. The number of carbonyl (C=O) groups is 5. The average molecular weight is 926 g/mol. The molecule has 17 atom stereocenters. The number of esters is 3. The zero-order valence-corrected chi connectivity index (χ0v) is 40.6. The van der Waals surface area contributed by atoms with Gasteiger partial charge in [0.05, 0.1) is 43.5 Å². The zero-order valence-electron chi connectivity index (χ0n) is 40.6. The van der Waals surface area contributed by atoms with Crippen LogP contribution in [0, 0.1) is 23.7 Å². The number of ketones is 2. The number of hydrogen-bond donors (Lipinski definition) is 0. The molecule has 0 saturated carbocycles. The van der Waals surface area contributed by atoms with Crippen molar-refractivity contribution in [3.63, 3.8) is 0 Å². The summed E-state index contributed by atoms with van der Waals surface area (Å²) in [6.07, 6.45) is -3.10. The largest absolute Gasteiger partial charge is 0.462 e. The second kappa shape index (κ2) is 25.8. The molecule has 2 bridgehead atoms. The summed E-state index contributed by atoms with van der Waals surface area (Å²) in [5, 5.41) is 0. The van der Waals surface area contributed by atoms with Gasteiger partial charge in [0.25, 0.3) is 0 Å². The molecular formula is C47H75NO17. The predicted molar refractivity (Wildman–Crippen MR) is 233 cm³/mol. The summed E-state index contributed by atoms with van der Waals surface area (Å²) in [4.78, 5) is 68.1. The fourth-order valence-electron chi connectivity index (χ4n) is 9.48. The minimum absolute atomic E-state index is 0.0463. The van der Waals surface area contributed by atoms with Crippen molar-refractivity contribution in [2.75, 3.05) is 61.9 Å². The van der Waals surface area contributed by atoms with E-state index in [2.05, 4.69) is 0 Å². The van der Waals surface area contributed by atoms with Crippen molar-refractivity contribution < 1.29 is 80.8 Å². The topological polar surface area (TPSA) is 199 Å². The Labute approximate surface area is 384 Å². The van der Waals surface area contributed by atoms with E-state index in [-0.39, 0.29) is 44.4 Å². The van der Waals surface area contributed by atoms with Crippen LogP contribution in [0.4, 0.5) is 0 Å². The number of carbonyl (C=O) groups excluding carboxylic acids is 5. The smallest absolute Gasteiger partial charge is 0.308 e. The monoisotopic (exact) mass is 926 g/mol. The van der Waals surface area contributed by atoms with Gasteiger partial charge in [-0.2, -0.15) is 0 Å². The molecule has 0 N–H and O–H groups in total. The van der Waals surface area contributed by atoms with Crippen LogP contribution < -0.4 is 0 Å². The Morgan fingerprint density at radius 1 is 0.800 bits per heavy atom. The van der Waals surface area contributed by atoms with E-state index in [4.69, 9.17) is 56.8 Å². The van der Waals surface area contributed by atoms with Crippen molar-refractivity contribution in [3.05, 3.63) is 23.8 Å². The van der Waals surface area contributed by atoms with Crippen molar-refractivity contribution >= 4 is 29.5 Å². The molecule has 3 saturated heterocycles. The van der Waals surface area contributed by atoms with Gasteiger partial charge in [0.2, 0.25) is 0 Å². The minimum Gasteiger partial charge on any atom is -0.462 e. The zero-order chi connectivity index (χ0) is 48.1. The molecule has 0 spiro atoms. The van der Waals surface area contributed by atoms with Crippen LogP contribution in [-0.4, -0.2) is 176 Å². The first-order chi connectivity index (χ1) is 30.8. The van der Waals surface area contributed by atoms with Gasteiger partial charge in [-0.1, -0.05) is 38.5 Å². The van der Waals surface area contributed by atoms with Gasteiger partial charge in [0.1, 0.15) is 43.7 Å². The molecule has 0 radical (unpaired) electrons. The molecule has 4 heterocycles. The second-order valence-electron chi connectivity index (χ2n) is 18.0. The number of allylic oxidation sites excluding steroid dienone is 3. The summed E-state index contributed by atoms with van der Waals surface area (Å²) in [5.41, 5.74) is 0.740. The minimum atomic E-state index is -1.20. The van der Waals surface area contributed by atoms with Crippen LogP contribution in [0.25, 0.3) is 0 Å². The average Bonchev–Trinajstić information content (AvgIpc) is 3.26. The van der Waals surface area contributed by atoms with Crippen LogP contribution in [0.1, 0.15) is 81.1 Å². The summed E-state index contributed by atoms with van der Waals surface area (Å²) in [6, 6.07) is -0.691. The Morgan fingerprint density at radius 2 is 1.43 bits per heavy atom. The quantitative estimate of drug-likeness (QED) is 0.202. The Kier molecular flexibility index (Phi) is 21.6. The van der Waals surface area contributed by atoms with E-state index >= 15 is 0 Å². The highest BCUT2D eigenvalue weighted by atomic mass is 16.7. The Balaban J connectivity index is 1.76. The normalized spacial score (nSPS) is 39.7. The molecule has 3 fully saturated rings. The summed E-state index contributed by atoms with van der Waals surface area (Å²) in [6.45, 7) is 13.3. The van der Waals surface area contributed by atoms with Crippen molar-refractivity contribution in [1.29, 1.82) is 0 Å². The number of Topliss-reactive ketones (excluding diaryl/α,β-unsaturated/α-hetero) is 1. The van der Waals surface area contributed by atoms with E-state index in [1.165, 1.54) is 13.8 Å². The third kappa shape index (κ3) is 14.9. The molecule has 4 rings (SSSR count). The highest BCUT2D eigenvalue weighted by Crippen LogP contribution is 2.37. The maximum absolute atomic E-state index is 14.3. The summed E-state index contributed by atoms with van der Waals surface area (Å²) >= 11 is 0. The molecule has 65 heavy (non-hydrogen) atoms. The van der Waals surface area contributed by atoms with Crippen LogP contribution in [0.15, 0.2) is 23.8 Å². The molecule has 4 aliphatic rings. The maximum atomic E-state index is 14.3. The third-order valence-electron chi connectivity index (χ3n) is 12.8. The first-order valence-electron chi connectivity index (χ1n) is 22.8. The van der Waals surface area contributed by atoms with Gasteiger partial charge in [-0.05, 0) is 66.1 Å². The van der Waals surface area contributed by atoms with Crippen molar-refractivity contribution in [3.8, 4) is 0 Å². The first kappa shape index (κ1) is 54.4. The molecule has 370 valence electrons. The van der Waals surface area contributed by atoms with Gasteiger partial charge in [-0.15, -0.1) is 0 Å². The van der Waals surface area contributed by atoms with E-state index in [1.807, 2.05) is 40.7 Å². The lowest BCUT2D eigenvalue weighted by Crippen LogP contribution is -2.65. The summed E-state index contributed by atoms with van der Waals surface area (Å²) < 4.78 is 73.4. The van der Waals surface area contributed by atoms with Crippen molar-refractivity contribution in [1.82, 2.24) is 4.90 Å². The number of likely N-dealkylation sites (N-methyl/N-ethyl adjacent to an activating group) is 1. The summed E-state index contributed by atoms with van der Waals surface area (Å²) in [5.74, 6) is -4.29. The van der Waals surface area contributed by atoms with Crippen LogP contribution in [0.2, 0.25) is 0 Å². The number of rotatable bonds is 12. The fraction of sp³-hybridized carbons (Fsp3) is 0.809. The fourth-order valence-corrected chi connectivity index (χ4v) is 9.48. The van der Waals surface area contributed by atoms with E-state index in [1.54, 1.807) is 59.4 Å². The van der Waals surface area contributed by atoms with Gasteiger partial charge in [0.15, 0.2) is 30.3 Å². The number of hydrogen-bond acceptors (Lipinski definition) is 18. The van der Waals surface area contributed by atoms with E-state index in [0.29, 0.717) is 19.3 Å². The number of cyclic esters (lactones) is 1. The van der Waals surface area contributed by atoms with E-state index in [0.717, 1.165) is 5.57 Å². The Bertz CT molecular complexity index is 1640. The van der Waals surface area contributed by atoms with E-state index < -0.39 is 121 Å². The first-order valence-corrected chi connectivity index (χ1v) is 22.8. The van der Waals surface area contributed by atoms with Crippen LogP contribution in [0.3, 0.4) is 0 Å². The summed E-state index contributed by atoms with van der Waals surface area (Å²) in [7, 11) is 8.24. The van der Waals surface area contributed by atoms with Gasteiger partial charge in [-0.25, -0.2) is 0 Å². The maximum Gasteiger partial charge on any atom is 0.308 e. The Morgan fingerprint density at radius 3 is 2.05 bits per heavy atom. The number of ether oxygens (including phenoxy) is 12. The molecule has 0 aliphatic carbocycles. The third-order valence-corrected chi connectivity index (χ3v) is 12.8. The molecule has 4 aliphatic heterocycles.